The van der Waals surface area contributed by atoms with Crippen molar-refractivity contribution >= 4 is 27.5 Å². The van der Waals surface area contributed by atoms with Crippen LogP contribution in [0.25, 0.3) is 0 Å². The minimum atomic E-state index is -0.439. The first-order valence-corrected chi connectivity index (χ1v) is 10.6. The number of carbonyl (C=O) groups is 2. The fourth-order valence-corrected chi connectivity index (χ4v) is 7.39. The van der Waals surface area contributed by atoms with Gasteiger partial charge in [-0.2, -0.15) is 0 Å². The highest BCUT2D eigenvalue weighted by Crippen LogP contribution is 2.65. The van der Waals surface area contributed by atoms with Crippen LogP contribution in [0.5, 0.6) is 0 Å². The summed E-state index contributed by atoms with van der Waals surface area (Å²) in [6, 6.07) is 0. The van der Waals surface area contributed by atoms with Gasteiger partial charge in [0, 0.05) is 29.0 Å². The lowest BCUT2D eigenvalue weighted by molar-refractivity contribution is -0.136. The summed E-state index contributed by atoms with van der Waals surface area (Å²) in [7, 11) is 0. The second-order valence-corrected chi connectivity index (χ2v) is 9.33. The van der Waals surface area contributed by atoms with Gasteiger partial charge >= 0.3 is 0 Å². The molecule has 0 unspecified atom stereocenters. The lowest BCUT2D eigenvalue weighted by atomic mass is 9.46. The van der Waals surface area contributed by atoms with Crippen molar-refractivity contribution in [2.45, 2.75) is 64.4 Å². The largest absolute Gasteiger partial charge is 0.391 e. The van der Waals surface area contributed by atoms with Crippen LogP contribution in [0.1, 0.15) is 58.3 Å². The summed E-state index contributed by atoms with van der Waals surface area (Å²) in [6.07, 6.45) is 8.46. The van der Waals surface area contributed by atoms with Crippen molar-refractivity contribution in [3.8, 4) is 0 Å². The lowest BCUT2D eigenvalue weighted by Gasteiger charge is -2.59. The molecule has 3 nitrogen and oxygen atoms in total. The molecule has 0 saturated heterocycles. The summed E-state index contributed by atoms with van der Waals surface area (Å²) < 4.78 is 0. The molecule has 3 saturated carbocycles. The number of halogens is 1. The molecule has 1 N–H and O–H groups in total. The molecular formula is C20H27BrO3. The quantitative estimate of drug-likeness (QED) is 0.724. The molecule has 0 amide bonds. The molecular weight excluding hydrogens is 368 g/mol. The Bertz CT molecular complexity index is 612. The van der Waals surface area contributed by atoms with Crippen molar-refractivity contribution < 1.29 is 14.7 Å². The zero-order chi connectivity index (χ0) is 17.1. The van der Waals surface area contributed by atoms with Gasteiger partial charge in [-0.25, -0.2) is 0 Å². The highest BCUT2D eigenvalue weighted by Gasteiger charge is 2.61. The maximum Gasteiger partial charge on any atom is 0.155 e. The monoisotopic (exact) mass is 394 g/mol. The molecule has 3 fully saturated rings. The zero-order valence-electron chi connectivity index (χ0n) is 14.4. The predicted octanol–water partition coefficient (Wildman–Crippen LogP) is 3.82. The first-order valence-electron chi connectivity index (χ1n) is 9.44. The molecule has 0 aromatic carbocycles. The molecule has 0 aliphatic heterocycles. The van der Waals surface area contributed by atoms with Gasteiger partial charge in [-0.05, 0) is 62.4 Å². The van der Waals surface area contributed by atoms with E-state index in [0.717, 1.165) is 44.9 Å². The maximum atomic E-state index is 12.5. The molecule has 132 valence electrons. The number of hydrogen-bond donors (Lipinski definition) is 1. The van der Waals surface area contributed by atoms with E-state index in [1.807, 2.05) is 6.08 Å². The Balaban J connectivity index is 1.76. The molecule has 4 aliphatic rings. The Kier molecular flexibility index (Phi) is 4.08. The zero-order valence-corrected chi connectivity index (χ0v) is 16.0. The van der Waals surface area contributed by atoms with Crippen LogP contribution in [0.4, 0.5) is 0 Å². The van der Waals surface area contributed by atoms with E-state index in [1.54, 1.807) is 0 Å². The first kappa shape index (κ1) is 17.0. The molecule has 4 heteroatoms. The second kappa shape index (κ2) is 5.77. The molecule has 24 heavy (non-hydrogen) atoms. The molecule has 0 spiro atoms. The molecule has 0 aromatic heterocycles. The van der Waals surface area contributed by atoms with Gasteiger partial charge in [0.1, 0.15) is 5.78 Å². The van der Waals surface area contributed by atoms with E-state index >= 15 is 0 Å². The van der Waals surface area contributed by atoms with E-state index < -0.39 is 6.10 Å². The standard InChI is InChI=1S/C20H27BrO3/c1-19-8-7-16-14(15(19)4-5-17(19)23)3-2-12-10-13(22)6-9-20(12,16)18(24)11-21/h10,14-16,18,24H,2-9,11H2,1H3/t14-,15-,16-,18+,19-,20+/m0/s1. The lowest BCUT2D eigenvalue weighted by Crippen LogP contribution is -2.56. The molecule has 6 atom stereocenters. The SMILES string of the molecule is C[C@]12CC[C@H]3[C@@H](CCC4=CC(=O)CC[C@@]43[C@H](O)CBr)[C@@H]1CCC2=O. The molecule has 0 radical (unpaired) electrons. The number of aliphatic hydroxyl groups is 1. The summed E-state index contributed by atoms with van der Waals surface area (Å²) in [4.78, 5) is 24.5. The fraction of sp³-hybridized carbons (Fsp3) is 0.800. The Labute approximate surface area is 152 Å². The van der Waals surface area contributed by atoms with E-state index in [-0.39, 0.29) is 16.6 Å². The summed E-state index contributed by atoms with van der Waals surface area (Å²) in [5.74, 6) is 2.09. The highest BCUT2D eigenvalue weighted by molar-refractivity contribution is 9.09. The summed E-state index contributed by atoms with van der Waals surface area (Å²) >= 11 is 3.50. The molecule has 4 rings (SSSR count). The van der Waals surface area contributed by atoms with E-state index in [9.17, 15) is 14.7 Å². The van der Waals surface area contributed by atoms with Crippen LogP contribution in [0, 0.1) is 28.6 Å². The van der Waals surface area contributed by atoms with E-state index in [4.69, 9.17) is 0 Å². The number of Topliss-reactive ketones (excluding diaryl/α,β-unsaturated/α-hetero) is 1. The Hall–Kier alpha value is -0.480. The van der Waals surface area contributed by atoms with Gasteiger partial charge < -0.3 is 5.11 Å². The fourth-order valence-electron chi connectivity index (χ4n) is 6.81. The van der Waals surface area contributed by atoms with Crippen LogP contribution >= 0.6 is 15.9 Å². The van der Waals surface area contributed by atoms with E-state index in [1.165, 1.54) is 5.57 Å². The Morgan fingerprint density at radius 3 is 2.71 bits per heavy atom. The minimum Gasteiger partial charge on any atom is -0.391 e. The van der Waals surface area contributed by atoms with Gasteiger partial charge in [0.2, 0.25) is 0 Å². The molecule has 0 bridgehead atoms. The van der Waals surface area contributed by atoms with Crippen LogP contribution in [-0.2, 0) is 9.59 Å². The predicted molar refractivity (Wildman–Crippen MR) is 95.8 cm³/mol. The van der Waals surface area contributed by atoms with Crippen molar-refractivity contribution in [1.82, 2.24) is 0 Å². The Morgan fingerprint density at radius 2 is 1.96 bits per heavy atom. The molecule has 0 heterocycles. The summed E-state index contributed by atoms with van der Waals surface area (Å²) in [6.45, 7) is 2.19. The number of ketones is 2. The number of aliphatic hydroxyl groups excluding tert-OH is 1. The van der Waals surface area contributed by atoms with Crippen molar-refractivity contribution in [3.63, 3.8) is 0 Å². The average molecular weight is 395 g/mol. The van der Waals surface area contributed by atoms with Gasteiger partial charge in [-0.3, -0.25) is 9.59 Å². The van der Waals surface area contributed by atoms with Crippen molar-refractivity contribution in [2.24, 2.45) is 28.6 Å². The summed E-state index contributed by atoms with van der Waals surface area (Å²) in [5, 5.41) is 11.5. The van der Waals surface area contributed by atoms with Gasteiger partial charge in [-0.15, -0.1) is 0 Å². The highest BCUT2D eigenvalue weighted by atomic mass is 79.9. The third-order valence-electron chi connectivity index (χ3n) is 8.01. The van der Waals surface area contributed by atoms with E-state index in [0.29, 0.717) is 35.3 Å². The number of carbonyl (C=O) groups excluding carboxylic acids is 2. The van der Waals surface area contributed by atoms with Crippen LogP contribution in [-0.4, -0.2) is 28.1 Å². The van der Waals surface area contributed by atoms with Gasteiger partial charge in [0.05, 0.1) is 6.10 Å². The van der Waals surface area contributed by atoms with Crippen LogP contribution in [0.15, 0.2) is 11.6 Å². The van der Waals surface area contributed by atoms with Gasteiger partial charge in [-0.1, -0.05) is 28.4 Å². The molecule has 0 aromatic rings. The third-order valence-corrected chi connectivity index (χ3v) is 8.63. The Morgan fingerprint density at radius 1 is 1.17 bits per heavy atom. The van der Waals surface area contributed by atoms with Gasteiger partial charge in [0.25, 0.3) is 0 Å². The van der Waals surface area contributed by atoms with E-state index in [2.05, 4.69) is 22.9 Å². The van der Waals surface area contributed by atoms with Crippen molar-refractivity contribution in [3.05, 3.63) is 11.6 Å². The third kappa shape index (κ3) is 2.11. The van der Waals surface area contributed by atoms with Crippen molar-refractivity contribution in [1.29, 1.82) is 0 Å². The number of rotatable bonds is 2. The number of alkyl halides is 1. The maximum absolute atomic E-state index is 12.5. The van der Waals surface area contributed by atoms with Gasteiger partial charge in [0.15, 0.2) is 5.78 Å². The number of fused-ring (bicyclic) bond motifs is 5. The minimum absolute atomic E-state index is 0.132. The first-order chi connectivity index (χ1) is 11.4. The summed E-state index contributed by atoms with van der Waals surface area (Å²) in [5.41, 5.74) is 0.820. The van der Waals surface area contributed by atoms with Crippen LogP contribution in [0.2, 0.25) is 0 Å². The smallest absolute Gasteiger partial charge is 0.155 e. The van der Waals surface area contributed by atoms with Crippen molar-refractivity contribution in [2.75, 3.05) is 5.33 Å². The average Bonchev–Trinajstić information content (AvgIpc) is 2.89. The number of hydrogen-bond acceptors (Lipinski definition) is 3. The molecule has 4 aliphatic carbocycles. The normalized spacial score (nSPS) is 46.0. The topological polar surface area (TPSA) is 54.4 Å². The van der Waals surface area contributed by atoms with Crippen LogP contribution in [0.3, 0.4) is 0 Å². The van der Waals surface area contributed by atoms with Crippen LogP contribution < -0.4 is 0 Å². The second-order valence-electron chi connectivity index (χ2n) is 8.68.